The molecule has 3 aromatic rings. The van der Waals surface area contributed by atoms with E-state index in [0.29, 0.717) is 21.3 Å². The van der Waals surface area contributed by atoms with Crippen LogP contribution in [-0.2, 0) is 0 Å². The van der Waals surface area contributed by atoms with Gasteiger partial charge in [-0.25, -0.2) is 5.43 Å². The average molecular weight is 320 g/mol. The van der Waals surface area contributed by atoms with Crippen molar-refractivity contribution in [2.24, 2.45) is 5.10 Å². The molecule has 21 heavy (non-hydrogen) atoms. The Morgan fingerprint density at radius 1 is 1.48 bits per heavy atom. The van der Waals surface area contributed by atoms with Gasteiger partial charge in [0, 0.05) is 10.9 Å². The van der Waals surface area contributed by atoms with Crippen LogP contribution in [0.25, 0.3) is 10.9 Å². The van der Waals surface area contributed by atoms with Crippen LogP contribution in [0.1, 0.15) is 21.1 Å². The maximum Gasteiger partial charge on any atom is 0.285 e. The molecule has 0 spiro atoms. The molecular formula is C13H10ClN5OS. The van der Waals surface area contributed by atoms with E-state index < -0.39 is 0 Å². The normalized spacial score (nSPS) is 11.3. The largest absolute Gasteiger partial charge is 0.352 e. The predicted octanol–water partition coefficient (Wildman–Crippen LogP) is 2.75. The van der Waals surface area contributed by atoms with Gasteiger partial charge >= 0.3 is 0 Å². The lowest BCUT2D eigenvalue weighted by Crippen LogP contribution is -2.17. The lowest BCUT2D eigenvalue weighted by Gasteiger charge is -1.95. The third-order valence-electron chi connectivity index (χ3n) is 2.89. The number of fused-ring (bicyclic) bond motifs is 1. The van der Waals surface area contributed by atoms with Crippen LogP contribution in [0.2, 0.25) is 5.02 Å². The number of rotatable bonds is 3. The molecule has 0 aliphatic carbocycles. The molecule has 0 radical (unpaired) electrons. The van der Waals surface area contributed by atoms with E-state index in [0.717, 1.165) is 22.4 Å². The Morgan fingerprint density at radius 3 is 3.00 bits per heavy atom. The summed E-state index contributed by atoms with van der Waals surface area (Å²) in [7, 11) is 0. The smallest absolute Gasteiger partial charge is 0.285 e. The molecule has 2 heterocycles. The number of nitrogens with one attached hydrogen (secondary N) is 2. The number of hydrogen-bond donors (Lipinski definition) is 2. The number of para-hydroxylation sites is 1. The van der Waals surface area contributed by atoms with E-state index in [9.17, 15) is 4.79 Å². The molecule has 0 saturated carbocycles. The van der Waals surface area contributed by atoms with Crippen molar-refractivity contribution in [1.29, 1.82) is 0 Å². The third kappa shape index (κ3) is 2.65. The molecule has 0 aliphatic heterocycles. The van der Waals surface area contributed by atoms with Gasteiger partial charge in [-0.05, 0) is 24.5 Å². The van der Waals surface area contributed by atoms with Crippen LogP contribution in [0.3, 0.4) is 0 Å². The van der Waals surface area contributed by atoms with Crippen LogP contribution < -0.4 is 5.43 Å². The van der Waals surface area contributed by atoms with Crippen LogP contribution in [0.5, 0.6) is 0 Å². The van der Waals surface area contributed by atoms with Crippen molar-refractivity contribution < 1.29 is 4.79 Å². The standard InChI is InChI=1S/C13H10ClN5OS/c1-7-12(21-19-17-7)13(20)18-15-6-10-11(14)8-4-2-3-5-9(8)16-10/h2-6,16H,1H3,(H,18,20)/b15-6-. The molecule has 0 fully saturated rings. The van der Waals surface area contributed by atoms with E-state index in [1.54, 1.807) is 6.92 Å². The monoisotopic (exact) mass is 319 g/mol. The van der Waals surface area contributed by atoms with Gasteiger partial charge in [0.25, 0.3) is 5.91 Å². The van der Waals surface area contributed by atoms with Gasteiger partial charge in [-0.15, -0.1) is 5.10 Å². The van der Waals surface area contributed by atoms with Crippen LogP contribution in [-0.4, -0.2) is 26.7 Å². The maximum absolute atomic E-state index is 11.8. The number of carbonyl (C=O) groups excluding carboxylic acids is 1. The second-order valence-corrected chi connectivity index (χ2v) is 5.42. The van der Waals surface area contributed by atoms with E-state index in [4.69, 9.17) is 11.6 Å². The van der Waals surface area contributed by atoms with Crippen molar-refractivity contribution in [3.8, 4) is 0 Å². The SMILES string of the molecule is Cc1nnsc1C(=O)N/N=C\c1[nH]c2ccccc2c1Cl. The maximum atomic E-state index is 11.8. The third-order valence-corrected chi connectivity index (χ3v) is 4.12. The number of aromatic nitrogens is 3. The number of amides is 1. The predicted molar refractivity (Wildman–Crippen MR) is 83.0 cm³/mol. The molecule has 106 valence electrons. The summed E-state index contributed by atoms with van der Waals surface area (Å²) >= 11 is 7.27. The molecule has 6 nitrogen and oxygen atoms in total. The van der Waals surface area contributed by atoms with E-state index in [1.807, 2.05) is 24.3 Å². The molecule has 8 heteroatoms. The molecule has 2 aromatic heterocycles. The number of carbonyl (C=O) groups is 1. The molecule has 0 atom stereocenters. The average Bonchev–Trinajstić information content (AvgIpc) is 3.04. The summed E-state index contributed by atoms with van der Waals surface area (Å²) in [5, 5.41) is 9.16. The first kappa shape index (κ1) is 13.7. The van der Waals surface area contributed by atoms with Gasteiger partial charge in [0.15, 0.2) is 0 Å². The Labute approximate surface area is 129 Å². The molecule has 0 saturated heterocycles. The number of halogens is 1. The Bertz CT molecular complexity index is 838. The number of hydrazone groups is 1. The number of aryl methyl sites for hydroxylation is 1. The number of benzene rings is 1. The van der Waals surface area contributed by atoms with E-state index in [2.05, 4.69) is 25.1 Å². The van der Waals surface area contributed by atoms with Gasteiger partial charge in [0.05, 0.1) is 22.6 Å². The highest BCUT2D eigenvalue weighted by atomic mass is 35.5. The summed E-state index contributed by atoms with van der Waals surface area (Å²) in [6, 6.07) is 7.65. The van der Waals surface area contributed by atoms with Gasteiger partial charge in [-0.2, -0.15) is 5.10 Å². The highest BCUT2D eigenvalue weighted by Crippen LogP contribution is 2.25. The number of H-pyrrole nitrogens is 1. The van der Waals surface area contributed by atoms with Crippen molar-refractivity contribution in [2.75, 3.05) is 0 Å². The Morgan fingerprint density at radius 2 is 2.29 bits per heavy atom. The van der Waals surface area contributed by atoms with Crippen molar-refractivity contribution in [1.82, 2.24) is 20.0 Å². The first-order valence-corrected chi connectivity index (χ1v) is 7.20. The van der Waals surface area contributed by atoms with Crippen molar-refractivity contribution >= 4 is 46.2 Å². The van der Waals surface area contributed by atoms with Crippen LogP contribution >= 0.6 is 23.1 Å². The van der Waals surface area contributed by atoms with Gasteiger partial charge in [-0.3, -0.25) is 4.79 Å². The summed E-state index contributed by atoms with van der Waals surface area (Å²) in [5.74, 6) is -0.342. The van der Waals surface area contributed by atoms with Gasteiger partial charge in [0.2, 0.25) is 0 Å². The lowest BCUT2D eigenvalue weighted by molar-refractivity contribution is 0.0958. The molecule has 0 unspecified atom stereocenters. The van der Waals surface area contributed by atoms with Crippen molar-refractivity contribution in [3.63, 3.8) is 0 Å². The van der Waals surface area contributed by atoms with Gasteiger partial charge in [-0.1, -0.05) is 34.3 Å². The molecule has 2 N–H and O–H groups in total. The van der Waals surface area contributed by atoms with Gasteiger partial charge < -0.3 is 4.98 Å². The Kier molecular flexibility index (Phi) is 3.68. The fraction of sp³-hybridized carbons (Fsp3) is 0.0769. The minimum absolute atomic E-state index is 0.342. The second-order valence-electron chi connectivity index (χ2n) is 4.28. The molecule has 3 rings (SSSR count). The minimum atomic E-state index is -0.342. The van der Waals surface area contributed by atoms with E-state index >= 15 is 0 Å². The fourth-order valence-corrected chi connectivity index (χ4v) is 2.67. The Balaban J connectivity index is 1.78. The number of nitrogens with zero attached hydrogens (tertiary/aromatic N) is 3. The number of hydrogen-bond acceptors (Lipinski definition) is 5. The summed E-state index contributed by atoms with van der Waals surface area (Å²) in [5.41, 5.74) is 4.56. The summed E-state index contributed by atoms with van der Waals surface area (Å²) < 4.78 is 3.70. The zero-order chi connectivity index (χ0) is 14.8. The summed E-state index contributed by atoms with van der Waals surface area (Å²) in [6.45, 7) is 1.72. The van der Waals surface area contributed by atoms with Crippen LogP contribution in [0.4, 0.5) is 0 Å². The van der Waals surface area contributed by atoms with Crippen molar-refractivity contribution in [3.05, 3.63) is 45.6 Å². The van der Waals surface area contributed by atoms with Crippen LogP contribution in [0.15, 0.2) is 29.4 Å². The number of aromatic amines is 1. The highest BCUT2D eigenvalue weighted by Gasteiger charge is 2.12. The molecule has 0 aliphatic rings. The zero-order valence-electron chi connectivity index (χ0n) is 10.9. The highest BCUT2D eigenvalue weighted by molar-refractivity contribution is 7.07. The molecule has 1 aromatic carbocycles. The second kappa shape index (κ2) is 5.63. The van der Waals surface area contributed by atoms with E-state index in [-0.39, 0.29) is 5.91 Å². The topological polar surface area (TPSA) is 83.0 Å². The minimum Gasteiger partial charge on any atom is -0.352 e. The fourth-order valence-electron chi connectivity index (χ4n) is 1.86. The first-order chi connectivity index (χ1) is 10.2. The zero-order valence-corrected chi connectivity index (χ0v) is 12.5. The first-order valence-electron chi connectivity index (χ1n) is 6.05. The molecule has 0 bridgehead atoms. The van der Waals surface area contributed by atoms with E-state index in [1.165, 1.54) is 6.21 Å². The molecule has 1 amide bonds. The van der Waals surface area contributed by atoms with Gasteiger partial charge in [0.1, 0.15) is 4.88 Å². The molecular weight excluding hydrogens is 310 g/mol. The summed E-state index contributed by atoms with van der Waals surface area (Å²) in [4.78, 5) is 15.4. The quantitative estimate of drug-likeness (QED) is 0.575. The van der Waals surface area contributed by atoms with Crippen molar-refractivity contribution in [2.45, 2.75) is 6.92 Å². The van der Waals surface area contributed by atoms with Crippen LogP contribution in [0, 0.1) is 6.92 Å². The lowest BCUT2D eigenvalue weighted by atomic mass is 10.2. The summed E-state index contributed by atoms with van der Waals surface area (Å²) in [6.07, 6.45) is 1.48. The Hall–Kier alpha value is -2.25.